The molecule has 1 aromatic carbocycles. The fraction of sp³-hybridized carbons (Fsp3) is 0.438. The minimum atomic E-state index is 0.541. The van der Waals surface area contributed by atoms with Gasteiger partial charge in [0.2, 0.25) is 0 Å². The average molecular weight is 289 g/mol. The van der Waals surface area contributed by atoms with Gasteiger partial charge in [-0.05, 0) is 24.6 Å². The Bertz CT molecular complexity index is 523. The number of nitrogens with one attached hydrogen (secondary N) is 1. The molecule has 0 amide bonds. The van der Waals surface area contributed by atoms with Gasteiger partial charge in [0.25, 0.3) is 0 Å². The summed E-state index contributed by atoms with van der Waals surface area (Å²) in [6, 6.07) is 8.15. The molecule has 1 aromatic heterocycles. The van der Waals surface area contributed by atoms with E-state index in [1.807, 2.05) is 24.7 Å². The second kappa shape index (κ2) is 8.44. The van der Waals surface area contributed by atoms with Crippen LogP contribution in [0.3, 0.4) is 0 Å². The summed E-state index contributed by atoms with van der Waals surface area (Å²) in [6.07, 6.45) is 3.67. The Balaban J connectivity index is 1.79. The van der Waals surface area contributed by atoms with Crippen LogP contribution >= 0.6 is 0 Å². The van der Waals surface area contributed by atoms with Crippen molar-refractivity contribution in [3.63, 3.8) is 0 Å². The molecule has 0 aliphatic carbocycles. The van der Waals surface area contributed by atoms with Gasteiger partial charge in [0.1, 0.15) is 12.4 Å². The van der Waals surface area contributed by atoms with Crippen molar-refractivity contribution in [1.82, 2.24) is 14.9 Å². The summed E-state index contributed by atoms with van der Waals surface area (Å²) < 4.78 is 12.9. The highest BCUT2D eigenvalue weighted by Crippen LogP contribution is 2.14. The summed E-state index contributed by atoms with van der Waals surface area (Å²) in [5.41, 5.74) is 2.32. The van der Waals surface area contributed by atoms with Crippen LogP contribution in [0, 0.1) is 0 Å². The molecule has 0 aliphatic rings. The van der Waals surface area contributed by atoms with Crippen molar-refractivity contribution in [3.8, 4) is 5.75 Å². The number of ether oxygens (including phenoxy) is 2. The largest absolute Gasteiger partial charge is 0.487 e. The molecular formula is C16H23N3O2. The van der Waals surface area contributed by atoms with Crippen molar-refractivity contribution >= 4 is 0 Å². The minimum absolute atomic E-state index is 0.541. The van der Waals surface area contributed by atoms with Gasteiger partial charge in [-0.25, -0.2) is 4.98 Å². The Labute approximate surface area is 125 Å². The first-order valence-corrected chi connectivity index (χ1v) is 7.24. The average Bonchev–Trinajstić information content (AvgIpc) is 2.98. The Hall–Kier alpha value is -1.85. The van der Waals surface area contributed by atoms with Gasteiger partial charge in [-0.2, -0.15) is 0 Å². The molecule has 0 saturated heterocycles. The predicted octanol–water partition coefficient (Wildman–Crippen LogP) is 2.22. The summed E-state index contributed by atoms with van der Waals surface area (Å²) >= 11 is 0. The monoisotopic (exact) mass is 289 g/mol. The second-order valence-electron chi connectivity index (χ2n) is 4.77. The Morgan fingerprint density at radius 1 is 1.24 bits per heavy atom. The van der Waals surface area contributed by atoms with Gasteiger partial charge in [-0.3, -0.25) is 0 Å². The maximum atomic E-state index is 5.79. The molecule has 0 saturated carbocycles. The van der Waals surface area contributed by atoms with Crippen molar-refractivity contribution in [2.45, 2.75) is 26.6 Å². The van der Waals surface area contributed by atoms with Crippen LogP contribution < -0.4 is 10.1 Å². The molecule has 114 valence electrons. The number of methoxy groups -OCH3 is 1. The second-order valence-corrected chi connectivity index (χ2v) is 4.77. The minimum Gasteiger partial charge on any atom is -0.487 e. The third-order valence-electron chi connectivity index (χ3n) is 3.26. The van der Waals surface area contributed by atoms with Crippen LogP contribution in [0.15, 0.2) is 36.8 Å². The number of hydrogen-bond acceptors (Lipinski definition) is 4. The molecule has 5 heteroatoms. The van der Waals surface area contributed by atoms with Crippen LogP contribution in [0.4, 0.5) is 0 Å². The van der Waals surface area contributed by atoms with E-state index in [1.165, 1.54) is 5.56 Å². The van der Waals surface area contributed by atoms with Gasteiger partial charge in [0, 0.05) is 26.7 Å². The van der Waals surface area contributed by atoms with Crippen LogP contribution in [-0.4, -0.2) is 29.8 Å². The molecule has 1 N–H and O–H groups in total. The number of hydrogen-bond donors (Lipinski definition) is 1. The molecule has 0 fully saturated rings. The van der Waals surface area contributed by atoms with E-state index in [0.717, 1.165) is 37.7 Å². The van der Waals surface area contributed by atoms with Crippen LogP contribution in [0.5, 0.6) is 5.75 Å². The fourth-order valence-electron chi connectivity index (χ4n) is 2.02. The smallest absolute Gasteiger partial charge is 0.130 e. The molecule has 0 spiro atoms. The first kappa shape index (κ1) is 15.5. The lowest BCUT2D eigenvalue weighted by atomic mass is 10.2. The molecule has 0 aliphatic heterocycles. The van der Waals surface area contributed by atoms with Crippen LogP contribution in [0.1, 0.15) is 18.2 Å². The van der Waals surface area contributed by atoms with Gasteiger partial charge in [0.15, 0.2) is 0 Å². The zero-order valence-corrected chi connectivity index (χ0v) is 12.7. The van der Waals surface area contributed by atoms with E-state index in [4.69, 9.17) is 9.47 Å². The summed E-state index contributed by atoms with van der Waals surface area (Å²) in [4.78, 5) is 4.13. The van der Waals surface area contributed by atoms with Crippen molar-refractivity contribution in [1.29, 1.82) is 0 Å². The normalized spacial score (nSPS) is 10.8. The highest BCUT2D eigenvalue weighted by molar-refractivity contribution is 5.27. The molecule has 2 aromatic rings. The molecular weight excluding hydrogens is 266 g/mol. The molecule has 0 unspecified atom stereocenters. The lowest BCUT2D eigenvalue weighted by Crippen LogP contribution is -2.18. The van der Waals surface area contributed by atoms with Crippen molar-refractivity contribution < 1.29 is 9.47 Å². The van der Waals surface area contributed by atoms with E-state index in [0.29, 0.717) is 6.61 Å². The molecule has 0 bridgehead atoms. The predicted molar refractivity (Wildman–Crippen MR) is 82.3 cm³/mol. The van der Waals surface area contributed by atoms with Crippen LogP contribution in [-0.2, 0) is 24.4 Å². The number of rotatable bonds is 9. The highest BCUT2D eigenvalue weighted by Gasteiger charge is 2.02. The molecule has 0 atom stereocenters. The quantitative estimate of drug-likeness (QED) is 0.719. The molecule has 21 heavy (non-hydrogen) atoms. The molecule has 2 rings (SSSR count). The van der Waals surface area contributed by atoms with E-state index >= 15 is 0 Å². The van der Waals surface area contributed by atoms with E-state index in [1.54, 1.807) is 7.11 Å². The Morgan fingerprint density at radius 2 is 2.05 bits per heavy atom. The Morgan fingerprint density at radius 3 is 2.76 bits per heavy atom. The van der Waals surface area contributed by atoms with Gasteiger partial charge < -0.3 is 19.4 Å². The third-order valence-corrected chi connectivity index (χ3v) is 3.26. The van der Waals surface area contributed by atoms with Crippen LogP contribution in [0.25, 0.3) is 0 Å². The fourth-order valence-corrected chi connectivity index (χ4v) is 2.02. The maximum Gasteiger partial charge on any atom is 0.130 e. The van der Waals surface area contributed by atoms with E-state index in [2.05, 4.69) is 33.9 Å². The maximum absolute atomic E-state index is 5.79. The zero-order valence-electron chi connectivity index (χ0n) is 12.7. The molecule has 1 heterocycles. The molecule has 0 radical (unpaired) electrons. The van der Waals surface area contributed by atoms with Gasteiger partial charge in [0.05, 0.1) is 24.8 Å². The summed E-state index contributed by atoms with van der Waals surface area (Å²) in [6.45, 7) is 5.97. The van der Waals surface area contributed by atoms with Crippen molar-refractivity contribution in [3.05, 3.63) is 48.0 Å². The number of aryl methyl sites for hydroxylation is 1. The first-order chi connectivity index (χ1) is 10.3. The Kier molecular flexibility index (Phi) is 6.24. The topological polar surface area (TPSA) is 48.3 Å². The lowest BCUT2D eigenvalue weighted by molar-refractivity contribution is 0.199. The van der Waals surface area contributed by atoms with E-state index in [-0.39, 0.29) is 0 Å². The van der Waals surface area contributed by atoms with Gasteiger partial charge >= 0.3 is 0 Å². The number of nitrogens with zero attached hydrogens (tertiary/aromatic N) is 2. The molecule has 5 nitrogen and oxygen atoms in total. The van der Waals surface area contributed by atoms with Gasteiger partial charge in [-0.1, -0.05) is 12.1 Å². The standard InChI is InChI=1S/C16H23N3O2/c1-3-19-13-18-11-15(19)12-21-16-6-4-14(5-7-16)10-17-8-9-20-2/h4-7,11,13,17H,3,8-10,12H2,1-2H3. The SMILES string of the molecule is CCn1cncc1COc1ccc(CNCCOC)cc1. The van der Waals surface area contributed by atoms with Gasteiger partial charge in [-0.15, -0.1) is 0 Å². The number of benzene rings is 1. The summed E-state index contributed by atoms with van der Waals surface area (Å²) in [5, 5.41) is 3.31. The highest BCUT2D eigenvalue weighted by atomic mass is 16.5. The van der Waals surface area contributed by atoms with E-state index < -0.39 is 0 Å². The zero-order chi connectivity index (χ0) is 14.9. The van der Waals surface area contributed by atoms with E-state index in [9.17, 15) is 0 Å². The lowest BCUT2D eigenvalue weighted by Gasteiger charge is -2.09. The van der Waals surface area contributed by atoms with Crippen molar-refractivity contribution in [2.24, 2.45) is 0 Å². The number of imidazole rings is 1. The number of aromatic nitrogens is 2. The van der Waals surface area contributed by atoms with Crippen molar-refractivity contribution in [2.75, 3.05) is 20.3 Å². The third kappa shape index (κ3) is 4.88. The summed E-state index contributed by atoms with van der Waals surface area (Å²) in [5.74, 6) is 0.875. The summed E-state index contributed by atoms with van der Waals surface area (Å²) in [7, 11) is 1.71. The first-order valence-electron chi connectivity index (χ1n) is 7.24. The van der Waals surface area contributed by atoms with Crippen LogP contribution in [0.2, 0.25) is 0 Å².